The topological polar surface area (TPSA) is 77.4 Å². The first-order valence-electron chi connectivity index (χ1n) is 9.47. The van der Waals surface area contributed by atoms with E-state index in [2.05, 4.69) is 13.8 Å². The minimum Gasteiger partial charge on any atom is -0.394 e. The largest absolute Gasteiger partial charge is 0.394 e. The molecule has 0 spiro atoms. The van der Waals surface area contributed by atoms with Gasteiger partial charge in [0.25, 0.3) is 0 Å². The lowest BCUT2D eigenvalue weighted by Gasteiger charge is -2.18. The van der Waals surface area contributed by atoms with E-state index in [1.54, 1.807) is 0 Å². The second kappa shape index (κ2) is 19.1. The molecule has 0 aliphatic rings. The van der Waals surface area contributed by atoms with Gasteiger partial charge in [-0.3, -0.25) is 0 Å². The molecule has 0 aliphatic heterocycles. The second-order valence-corrected chi connectivity index (χ2v) is 6.11. The first kappa shape index (κ1) is 23.8. The van der Waals surface area contributed by atoms with Gasteiger partial charge in [0.2, 0.25) is 0 Å². The third kappa shape index (κ3) is 16.6. The summed E-state index contributed by atoms with van der Waals surface area (Å²) in [4.78, 5) is 10.2. The highest BCUT2D eigenvalue weighted by Crippen LogP contribution is 2.04. The summed E-state index contributed by atoms with van der Waals surface area (Å²) in [5.74, 6) is 0. The van der Waals surface area contributed by atoms with Crippen LogP contribution in [0.25, 0.3) is 0 Å². The van der Waals surface area contributed by atoms with Gasteiger partial charge in [-0.15, -0.1) is 0 Å². The Kier molecular flexibility index (Phi) is 18.9. The van der Waals surface area contributed by atoms with E-state index in [9.17, 15) is 5.11 Å². The van der Waals surface area contributed by atoms with Gasteiger partial charge in [0.15, 0.2) is 0 Å². The number of hydrogen-bond acceptors (Lipinski definition) is 6. The maximum absolute atomic E-state index is 9.25. The van der Waals surface area contributed by atoms with Crippen LogP contribution in [0.3, 0.4) is 0 Å². The third-order valence-electron chi connectivity index (χ3n) is 3.57. The molecule has 2 N–H and O–H groups in total. The van der Waals surface area contributed by atoms with E-state index in [0.29, 0.717) is 26.4 Å². The van der Waals surface area contributed by atoms with Crippen molar-refractivity contribution in [2.45, 2.75) is 77.4 Å². The zero-order valence-corrected chi connectivity index (χ0v) is 15.6. The summed E-state index contributed by atoms with van der Waals surface area (Å²) in [6.45, 7) is 6.15. The molecule has 6 nitrogen and oxygen atoms in total. The Balaban J connectivity index is 3.82. The van der Waals surface area contributed by atoms with Crippen molar-refractivity contribution >= 4 is 0 Å². The smallest absolute Gasteiger partial charge is 0.139 e. The predicted octanol–water partition coefficient (Wildman–Crippen LogP) is 2.85. The Bertz CT molecular complexity index is 224. The molecule has 0 fully saturated rings. The van der Waals surface area contributed by atoms with Gasteiger partial charge in [-0.2, -0.15) is 0 Å². The highest BCUT2D eigenvalue weighted by molar-refractivity contribution is 4.55. The SMILES string of the molecule is CCCCCCOCC(COCCCCCC)OOCC(O)CO. The van der Waals surface area contributed by atoms with Crippen molar-refractivity contribution < 1.29 is 29.5 Å². The predicted molar refractivity (Wildman–Crippen MR) is 93.8 cm³/mol. The van der Waals surface area contributed by atoms with E-state index < -0.39 is 6.10 Å². The van der Waals surface area contributed by atoms with Crippen LogP contribution in [0.15, 0.2) is 0 Å². The molecule has 24 heavy (non-hydrogen) atoms. The lowest BCUT2D eigenvalue weighted by Crippen LogP contribution is -2.29. The molecule has 1 atom stereocenters. The molecule has 0 rings (SSSR count). The first-order valence-corrected chi connectivity index (χ1v) is 9.47. The van der Waals surface area contributed by atoms with Crippen molar-refractivity contribution in [3.63, 3.8) is 0 Å². The summed E-state index contributed by atoms with van der Waals surface area (Å²) >= 11 is 0. The average Bonchev–Trinajstić information content (AvgIpc) is 2.60. The fourth-order valence-corrected chi connectivity index (χ4v) is 2.06. The summed E-state index contributed by atoms with van der Waals surface area (Å²) in [6, 6.07) is 0. The van der Waals surface area contributed by atoms with E-state index in [1.165, 1.54) is 38.5 Å². The Morgan fingerprint density at radius 3 is 1.75 bits per heavy atom. The van der Waals surface area contributed by atoms with Gasteiger partial charge in [-0.1, -0.05) is 52.4 Å². The van der Waals surface area contributed by atoms with Gasteiger partial charge < -0.3 is 19.7 Å². The fourth-order valence-electron chi connectivity index (χ4n) is 2.06. The van der Waals surface area contributed by atoms with Crippen LogP contribution in [0.5, 0.6) is 0 Å². The number of ether oxygens (including phenoxy) is 2. The molecule has 0 radical (unpaired) electrons. The molecule has 146 valence electrons. The number of aliphatic hydroxyl groups is 2. The van der Waals surface area contributed by atoms with E-state index in [4.69, 9.17) is 24.4 Å². The Morgan fingerprint density at radius 1 is 0.750 bits per heavy atom. The Hall–Kier alpha value is -0.240. The third-order valence-corrected chi connectivity index (χ3v) is 3.57. The number of rotatable bonds is 19. The van der Waals surface area contributed by atoms with Crippen LogP contribution in [-0.4, -0.2) is 62.1 Å². The molecule has 0 aromatic heterocycles. The van der Waals surface area contributed by atoms with Gasteiger partial charge in [-0.05, 0) is 12.8 Å². The first-order chi connectivity index (χ1) is 11.7. The molecular weight excluding hydrogens is 312 g/mol. The summed E-state index contributed by atoms with van der Waals surface area (Å²) in [7, 11) is 0. The van der Waals surface area contributed by atoms with Crippen molar-refractivity contribution in [2.75, 3.05) is 39.6 Å². The number of unbranched alkanes of at least 4 members (excludes halogenated alkanes) is 6. The monoisotopic (exact) mass is 350 g/mol. The summed E-state index contributed by atoms with van der Waals surface area (Å²) in [5, 5.41) is 18.0. The van der Waals surface area contributed by atoms with Gasteiger partial charge in [0, 0.05) is 13.2 Å². The van der Waals surface area contributed by atoms with E-state index in [0.717, 1.165) is 12.8 Å². The minimum absolute atomic E-state index is 0.0694. The molecule has 0 heterocycles. The van der Waals surface area contributed by atoms with Crippen molar-refractivity contribution in [1.29, 1.82) is 0 Å². The van der Waals surface area contributed by atoms with E-state index in [-0.39, 0.29) is 19.3 Å². The Labute approximate surface area is 147 Å². The van der Waals surface area contributed by atoms with Crippen LogP contribution in [0.2, 0.25) is 0 Å². The lowest BCUT2D eigenvalue weighted by molar-refractivity contribution is -0.345. The van der Waals surface area contributed by atoms with E-state index >= 15 is 0 Å². The van der Waals surface area contributed by atoms with Gasteiger partial charge in [0.05, 0.1) is 19.8 Å². The Morgan fingerprint density at radius 2 is 1.29 bits per heavy atom. The summed E-state index contributed by atoms with van der Waals surface area (Å²) in [6.07, 6.45) is 8.05. The average molecular weight is 350 g/mol. The molecule has 0 saturated carbocycles. The van der Waals surface area contributed by atoms with Gasteiger partial charge in [-0.25, -0.2) is 9.78 Å². The van der Waals surface area contributed by atoms with Crippen LogP contribution in [0, 0.1) is 0 Å². The molecule has 0 amide bonds. The van der Waals surface area contributed by atoms with Crippen LogP contribution in [0.4, 0.5) is 0 Å². The number of hydrogen-bond donors (Lipinski definition) is 2. The maximum atomic E-state index is 9.25. The lowest BCUT2D eigenvalue weighted by atomic mass is 10.2. The molecule has 1 unspecified atom stereocenters. The van der Waals surface area contributed by atoms with Crippen LogP contribution < -0.4 is 0 Å². The van der Waals surface area contributed by atoms with Crippen LogP contribution in [-0.2, 0) is 19.2 Å². The standard InChI is InChI=1S/C18H38O6/c1-3-5-7-9-11-21-15-18(24-23-14-17(20)13-19)16-22-12-10-8-6-4-2/h17-20H,3-16H2,1-2H3. The van der Waals surface area contributed by atoms with Crippen molar-refractivity contribution in [3.8, 4) is 0 Å². The highest BCUT2D eigenvalue weighted by Gasteiger charge is 2.13. The minimum atomic E-state index is -0.935. The molecule has 0 bridgehead atoms. The maximum Gasteiger partial charge on any atom is 0.139 e. The van der Waals surface area contributed by atoms with Gasteiger partial charge in [0.1, 0.15) is 18.8 Å². The highest BCUT2D eigenvalue weighted by atomic mass is 17.2. The summed E-state index contributed by atoms with van der Waals surface area (Å²) < 4.78 is 11.2. The fraction of sp³-hybridized carbons (Fsp3) is 1.00. The van der Waals surface area contributed by atoms with Gasteiger partial charge >= 0.3 is 0 Å². The van der Waals surface area contributed by atoms with Crippen LogP contribution >= 0.6 is 0 Å². The normalized spacial score (nSPS) is 12.9. The van der Waals surface area contributed by atoms with Crippen molar-refractivity contribution in [1.82, 2.24) is 0 Å². The molecule has 0 saturated heterocycles. The molecule has 6 heteroatoms. The zero-order valence-electron chi connectivity index (χ0n) is 15.6. The van der Waals surface area contributed by atoms with E-state index in [1.807, 2.05) is 0 Å². The molecular formula is C18H38O6. The van der Waals surface area contributed by atoms with Crippen molar-refractivity contribution in [2.24, 2.45) is 0 Å². The number of aliphatic hydroxyl groups excluding tert-OH is 2. The van der Waals surface area contributed by atoms with Crippen molar-refractivity contribution in [3.05, 3.63) is 0 Å². The molecule has 0 aromatic rings. The van der Waals surface area contributed by atoms with Crippen LogP contribution in [0.1, 0.15) is 65.2 Å². The zero-order chi connectivity index (χ0) is 17.9. The summed E-state index contributed by atoms with van der Waals surface area (Å²) in [5.41, 5.74) is 0. The molecule has 0 aliphatic carbocycles. The second-order valence-electron chi connectivity index (χ2n) is 6.11. The molecule has 0 aromatic carbocycles. The quantitative estimate of drug-likeness (QED) is 0.212.